The van der Waals surface area contributed by atoms with Crippen LogP contribution in [0.15, 0.2) is 23.2 Å². The third kappa shape index (κ3) is 3.44. The largest absolute Gasteiger partial charge is 0.336 e. The van der Waals surface area contributed by atoms with E-state index in [1.165, 1.54) is 53.9 Å². The number of carbonyl (C=O) groups is 1. The Bertz CT molecular complexity index is 887. The van der Waals surface area contributed by atoms with E-state index in [0.29, 0.717) is 25.0 Å². The topological polar surface area (TPSA) is 40.5 Å². The number of hydrogen-bond donors (Lipinski definition) is 1. The number of thioether (sulfide) groups is 1. The number of rotatable bonds is 6. The highest BCUT2D eigenvalue weighted by Gasteiger charge is 2.39. The molecule has 1 aromatic carbocycles. The molecule has 29 heavy (non-hydrogen) atoms. The summed E-state index contributed by atoms with van der Waals surface area (Å²) in [6, 6.07) is 7.23. The second-order valence-corrected chi connectivity index (χ2v) is 9.00. The molecule has 6 heteroatoms. The van der Waals surface area contributed by atoms with Gasteiger partial charge in [0.05, 0.1) is 10.5 Å². The number of nitrogens with zero attached hydrogens (tertiary/aromatic N) is 3. The van der Waals surface area contributed by atoms with Gasteiger partial charge in [-0.15, -0.1) is 11.8 Å². The minimum Gasteiger partial charge on any atom is -0.324 e. The SMILES string of the molecule is CCCN1CCC[C@@H]2c3cccc4c3c(c(SC)n4NC(=O)N(CC)CC)C[C@H]21. The van der Waals surface area contributed by atoms with E-state index in [9.17, 15) is 4.79 Å². The van der Waals surface area contributed by atoms with Crippen LogP contribution in [0.5, 0.6) is 0 Å². The van der Waals surface area contributed by atoms with Gasteiger partial charge in [-0.25, -0.2) is 14.9 Å². The maximum absolute atomic E-state index is 12.8. The lowest BCUT2D eigenvalue weighted by Crippen LogP contribution is -2.47. The number of amides is 2. The second kappa shape index (κ2) is 8.60. The van der Waals surface area contributed by atoms with Crippen LogP contribution in [0.3, 0.4) is 0 Å². The van der Waals surface area contributed by atoms with Crippen molar-refractivity contribution < 1.29 is 4.79 Å². The number of aromatic nitrogens is 1. The molecule has 1 aliphatic carbocycles. The van der Waals surface area contributed by atoms with Gasteiger partial charge in [0.1, 0.15) is 0 Å². The van der Waals surface area contributed by atoms with E-state index in [1.54, 1.807) is 11.8 Å². The Morgan fingerprint density at radius 2 is 2.07 bits per heavy atom. The van der Waals surface area contributed by atoms with E-state index >= 15 is 0 Å². The summed E-state index contributed by atoms with van der Waals surface area (Å²) in [7, 11) is 0. The predicted molar refractivity (Wildman–Crippen MR) is 123 cm³/mol. The van der Waals surface area contributed by atoms with E-state index in [4.69, 9.17) is 0 Å². The number of hydrogen-bond acceptors (Lipinski definition) is 3. The first-order valence-electron chi connectivity index (χ1n) is 11.1. The molecule has 0 saturated carbocycles. The summed E-state index contributed by atoms with van der Waals surface area (Å²) in [5, 5.41) is 2.57. The van der Waals surface area contributed by atoms with Crippen LogP contribution in [0.25, 0.3) is 10.9 Å². The molecule has 158 valence electrons. The molecule has 0 spiro atoms. The summed E-state index contributed by atoms with van der Waals surface area (Å²) in [4.78, 5) is 17.4. The van der Waals surface area contributed by atoms with Crippen LogP contribution in [0.2, 0.25) is 0 Å². The molecular formula is C23H34N4OS. The molecular weight excluding hydrogens is 380 g/mol. The smallest absolute Gasteiger partial charge is 0.324 e. The van der Waals surface area contributed by atoms with Gasteiger partial charge in [-0.05, 0) is 76.1 Å². The summed E-state index contributed by atoms with van der Waals surface area (Å²) in [5.74, 6) is 0.607. The van der Waals surface area contributed by atoms with Crippen LogP contribution in [0.4, 0.5) is 4.79 Å². The van der Waals surface area contributed by atoms with Gasteiger partial charge in [-0.2, -0.15) is 0 Å². The zero-order valence-corrected chi connectivity index (χ0v) is 19.0. The van der Waals surface area contributed by atoms with E-state index in [2.05, 4.69) is 46.4 Å². The molecule has 1 aliphatic heterocycles. The highest BCUT2D eigenvalue weighted by atomic mass is 32.2. The number of nitrogens with one attached hydrogen (secondary N) is 1. The van der Waals surface area contributed by atoms with Crippen LogP contribution in [-0.2, 0) is 6.42 Å². The summed E-state index contributed by atoms with van der Waals surface area (Å²) in [6.07, 6.45) is 6.97. The number of carbonyl (C=O) groups excluding carboxylic acids is 1. The average Bonchev–Trinajstić information content (AvgIpc) is 3.03. The third-order valence-electron chi connectivity index (χ3n) is 6.75. The molecule has 2 aromatic rings. The van der Waals surface area contributed by atoms with Gasteiger partial charge < -0.3 is 4.90 Å². The summed E-state index contributed by atoms with van der Waals surface area (Å²) < 4.78 is 2.06. The fourth-order valence-corrected chi connectivity index (χ4v) is 6.22. The Labute approximate surface area is 178 Å². The van der Waals surface area contributed by atoms with Crippen LogP contribution in [-0.4, -0.2) is 59.0 Å². The molecule has 1 aromatic heterocycles. The predicted octanol–water partition coefficient (Wildman–Crippen LogP) is 4.88. The zero-order chi connectivity index (χ0) is 20.5. The van der Waals surface area contributed by atoms with Crippen molar-refractivity contribution in [3.05, 3.63) is 29.3 Å². The van der Waals surface area contributed by atoms with Crippen LogP contribution in [0, 0.1) is 0 Å². The Morgan fingerprint density at radius 3 is 2.76 bits per heavy atom. The van der Waals surface area contributed by atoms with Crippen molar-refractivity contribution in [3.63, 3.8) is 0 Å². The van der Waals surface area contributed by atoms with Gasteiger partial charge in [-0.1, -0.05) is 19.1 Å². The minimum atomic E-state index is -0.0246. The highest BCUT2D eigenvalue weighted by Crippen LogP contribution is 2.46. The van der Waals surface area contributed by atoms with Gasteiger partial charge >= 0.3 is 6.03 Å². The van der Waals surface area contributed by atoms with E-state index in [1.807, 2.05) is 18.7 Å². The fourth-order valence-electron chi connectivity index (χ4n) is 5.46. The van der Waals surface area contributed by atoms with E-state index in [0.717, 1.165) is 11.9 Å². The molecule has 1 N–H and O–H groups in total. The molecule has 0 bridgehead atoms. The monoisotopic (exact) mass is 414 g/mol. The molecule has 1 fully saturated rings. The number of urea groups is 1. The lowest BCUT2D eigenvalue weighted by Gasteiger charge is -2.44. The fraction of sp³-hybridized carbons (Fsp3) is 0.609. The number of piperidine rings is 1. The summed E-state index contributed by atoms with van der Waals surface area (Å²) >= 11 is 1.75. The molecule has 2 atom stereocenters. The third-order valence-corrected chi connectivity index (χ3v) is 7.56. The van der Waals surface area contributed by atoms with Crippen molar-refractivity contribution in [2.24, 2.45) is 0 Å². The van der Waals surface area contributed by atoms with Crippen molar-refractivity contribution in [1.82, 2.24) is 14.5 Å². The minimum absolute atomic E-state index is 0.0246. The van der Waals surface area contributed by atoms with Crippen molar-refractivity contribution in [2.75, 3.05) is 37.9 Å². The van der Waals surface area contributed by atoms with Gasteiger partial charge in [0.15, 0.2) is 0 Å². The molecule has 4 rings (SSSR count). The summed E-state index contributed by atoms with van der Waals surface area (Å²) in [6.45, 7) is 10.2. The quantitative estimate of drug-likeness (QED) is 0.685. The molecule has 1 saturated heterocycles. The standard InChI is InChI=1S/C23H34N4OS/c1-5-13-26-14-9-11-16-17-10-8-12-19-21(17)18(15-20(16)26)22(29-4)27(19)24-23(28)25(6-2)7-3/h8,10,12,16,20H,5-7,9,11,13-15H2,1-4H3,(H,24,28)/t16-,20-/m1/s1. The van der Waals surface area contributed by atoms with Gasteiger partial charge in [0.2, 0.25) is 0 Å². The van der Waals surface area contributed by atoms with Gasteiger partial charge in [0, 0.05) is 30.4 Å². The van der Waals surface area contributed by atoms with Crippen molar-refractivity contribution in [2.45, 2.75) is 63.4 Å². The first kappa shape index (κ1) is 20.6. The number of benzene rings is 1. The molecule has 0 unspecified atom stereocenters. The van der Waals surface area contributed by atoms with Crippen LogP contribution < -0.4 is 5.43 Å². The van der Waals surface area contributed by atoms with E-state index in [-0.39, 0.29) is 6.03 Å². The van der Waals surface area contributed by atoms with Crippen LogP contribution >= 0.6 is 11.8 Å². The van der Waals surface area contributed by atoms with Crippen molar-refractivity contribution >= 4 is 28.7 Å². The Balaban J connectivity index is 1.81. The normalized spacial score (nSPS) is 21.2. The number of likely N-dealkylation sites (tertiary alicyclic amines) is 1. The second-order valence-electron chi connectivity index (χ2n) is 8.21. The van der Waals surface area contributed by atoms with Gasteiger partial charge in [-0.3, -0.25) is 4.90 Å². The Kier molecular flexibility index (Phi) is 6.11. The Morgan fingerprint density at radius 1 is 1.28 bits per heavy atom. The number of fused-ring (bicyclic) bond motifs is 2. The zero-order valence-electron chi connectivity index (χ0n) is 18.2. The summed E-state index contributed by atoms with van der Waals surface area (Å²) in [5.41, 5.74) is 7.26. The molecule has 5 nitrogen and oxygen atoms in total. The molecule has 2 heterocycles. The average molecular weight is 415 g/mol. The van der Waals surface area contributed by atoms with E-state index < -0.39 is 0 Å². The molecule has 2 aliphatic rings. The first-order chi connectivity index (χ1) is 14.1. The first-order valence-corrected chi connectivity index (χ1v) is 12.4. The molecule has 0 radical (unpaired) electrons. The van der Waals surface area contributed by atoms with Crippen LogP contribution in [0.1, 0.15) is 57.1 Å². The highest BCUT2D eigenvalue weighted by molar-refractivity contribution is 7.98. The lowest BCUT2D eigenvalue weighted by molar-refractivity contribution is 0.123. The van der Waals surface area contributed by atoms with Crippen molar-refractivity contribution in [3.8, 4) is 0 Å². The van der Waals surface area contributed by atoms with Crippen molar-refractivity contribution in [1.29, 1.82) is 0 Å². The maximum atomic E-state index is 12.8. The maximum Gasteiger partial charge on any atom is 0.336 e. The lowest BCUT2D eigenvalue weighted by atomic mass is 9.75. The molecule has 2 amide bonds. The van der Waals surface area contributed by atoms with Gasteiger partial charge in [0.25, 0.3) is 0 Å². The Hall–Kier alpha value is -1.66.